The molecule has 2 aromatic heterocycles. The van der Waals surface area contributed by atoms with Crippen molar-refractivity contribution < 1.29 is 106 Å². The molecule has 1 saturated heterocycles. The van der Waals surface area contributed by atoms with Gasteiger partial charge in [0.05, 0.1) is 42.4 Å². The van der Waals surface area contributed by atoms with E-state index in [0.29, 0.717) is 38.7 Å². The monoisotopic (exact) mass is 1930 g/mol. The number of alkyl halides is 3. The van der Waals surface area contributed by atoms with Gasteiger partial charge in [-0.05, 0) is 127 Å². The molecule has 40 heteroatoms. The number of hydrogen-bond acceptors (Lipinski definition) is 20. The maximum atomic E-state index is 16.2. The Bertz CT molecular complexity index is 5650. The number of aromatic hydroxyl groups is 1. The number of ketones is 1. The van der Waals surface area contributed by atoms with Gasteiger partial charge < -0.3 is 97.8 Å². The number of para-hydroxylation sites is 2. The second-order valence-electron chi connectivity index (χ2n) is 34.3. The second kappa shape index (κ2) is 49.8. The topological polar surface area (TPSA) is 502 Å². The van der Waals surface area contributed by atoms with Gasteiger partial charge in [-0.2, -0.15) is 13.2 Å². The van der Waals surface area contributed by atoms with Gasteiger partial charge in [-0.3, -0.25) is 72.1 Å². The highest BCUT2D eigenvalue weighted by molar-refractivity contribution is 8.12. The van der Waals surface area contributed by atoms with Crippen molar-refractivity contribution in [3.8, 4) is 5.75 Å². The molecule has 35 nitrogen and oxygen atoms in total. The first-order valence-corrected chi connectivity index (χ1v) is 46.5. The van der Waals surface area contributed by atoms with Gasteiger partial charge in [0.2, 0.25) is 76.8 Å². The number of fused-ring (bicyclic) bond motifs is 2. The number of phenolic OH excluding ortho intramolecular Hbond substituents is 1. The van der Waals surface area contributed by atoms with E-state index in [0.717, 1.165) is 39.0 Å². The van der Waals surface area contributed by atoms with Crippen molar-refractivity contribution in [1.82, 2.24) is 77.4 Å². The number of rotatable bonds is 28. The first kappa shape index (κ1) is 106. The van der Waals surface area contributed by atoms with E-state index in [9.17, 15) is 57.6 Å². The smallest absolute Gasteiger partial charge is 0.416 e. The Morgan fingerprint density at radius 1 is 0.628 bits per heavy atom. The van der Waals surface area contributed by atoms with E-state index in [1.807, 2.05) is 0 Å². The Labute approximate surface area is 798 Å². The van der Waals surface area contributed by atoms with Gasteiger partial charge in [-0.1, -0.05) is 135 Å². The lowest BCUT2D eigenvalue weighted by atomic mass is 9.88. The van der Waals surface area contributed by atoms with E-state index < -0.39 is 230 Å². The van der Waals surface area contributed by atoms with Crippen molar-refractivity contribution in [1.29, 1.82) is 0 Å². The molecule has 137 heavy (non-hydrogen) atoms. The number of nitrogens with zero attached hydrogens (tertiary/aromatic N) is 5. The van der Waals surface area contributed by atoms with Crippen molar-refractivity contribution in [2.24, 2.45) is 16.8 Å². The first-order chi connectivity index (χ1) is 65.3. The Balaban J connectivity index is 1.09. The van der Waals surface area contributed by atoms with Gasteiger partial charge in [0.25, 0.3) is 0 Å². The molecule has 0 spiro atoms. The predicted octanol–water partition coefficient (Wildman–Crippen LogP) is 5.45. The van der Waals surface area contributed by atoms with Crippen LogP contribution < -0.4 is 47.9 Å². The van der Waals surface area contributed by atoms with Gasteiger partial charge in [-0.25, -0.2) is 4.79 Å². The summed E-state index contributed by atoms with van der Waals surface area (Å²) in [5, 5.41) is 66.1. The summed E-state index contributed by atoms with van der Waals surface area (Å²) in [6.07, 6.45) is -7.21. The summed E-state index contributed by atoms with van der Waals surface area (Å²) in [6, 6.07) is 19.2. The number of phenols is 1. The highest BCUT2D eigenvalue weighted by atomic mass is 35.5. The van der Waals surface area contributed by atoms with Crippen LogP contribution in [0.4, 0.5) is 13.2 Å². The second-order valence-corrected chi connectivity index (χ2v) is 35.6. The SMILES string of the molecule is CC[C@H](C)[C@@H]1NC(=O)[C@H](c2ccccc2)NC(=O)[C@H]([C@@H](C)O)NC(=O)CCCN(CC)C(=O)C[C@@H](C(=O)NCCCCC(=O)N(C)CC(=O)N[C@@H](CO)C(=O)O)C(=O)[C@H](Cc2cccc(Cl)c2)N(C)C(=O)[C@@H](Cc2ccc(O)cc2)NC(=O)C(Cc2ccc(C(F)(F)F)cc2)NC(=O)[C@@H](Cc2c[nH]c3ccccc23)NC(=O)C(Cc2c[nH]c3ccccc23)NC(=O)[C@H](CC2CSC=N2)N(C)C1=O. The molecule has 14 atom stereocenters. The number of unbranched alkanes of at least 4 members (excludes halogenated alkanes) is 1. The number of carbonyl (C=O) groups excluding carboxylic acids is 14. The number of aromatic nitrogens is 2. The van der Waals surface area contributed by atoms with Crippen LogP contribution in [0.1, 0.15) is 124 Å². The minimum atomic E-state index is -4.86. The van der Waals surface area contributed by atoms with Crippen LogP contribution in [-0.2, 0) is 110 Å². The molecule has 0 bridgehead atoms. The Morgan fingerprint density at radius 2 is 1.20 bits per heavy atom. The summed E-state index contributed by atoms with van der Waals surface area (Å²) in [7, 11) is 3.80. The van der Waals surface area contributed by atoms with E-state index >= 15 is 47.9 Å². The summed E-state index contributed by atoms with van der Waals surface area (Å²) in [6.45, 7) is 4.04. The largest absolute Gasteiger partial charge is 0.508 e. The summed E-state index contributed by atoms with van der Waals surface area (Å²) >= 11 is 7.95. The van der Waals surface area contributed by atoms with Crippen molar-refractivity contribution >= 4 is 139 Å². The van der Waals surface area contributed by atoms with Crippen LogP contribution in [-0.4, -0.2) is 270 Å². The number of aliphatic carboxylic acids is 1. The lowest BCUT2D eigenvalue weighted by Gasteiger charge is -2.35. The number of halogens is 4. The zero-order chi connectivity index (χ0) is 99.5. The number of thioether (sulfide) groups is 1. The zero-order valence-corrected chi connectivity index (χ0v) is 78.3. The number of nitrogens with one attached hydrogen (secondary N) is 11. The quantitative estimate of drug-likeness (QED) is 0.0214. The molecule has 15 N–H and O–H groups in total. The molecule has 2 aliphatic heterocycles. The molecule has 13 amide bonds. The molecular weight excluding hydrogens is 1820 g/mol. The minimum absolute atomic E-state index is 0.0171. The average Bonchev–Trinajstić information content (AvgIpc) is 1.60. The Morgan fingerprint density at radius 3 is 1.76 bits per heavy atom. The van der Waals surface area contributed by atoms with Crippen LogP contribution in [0.5, 0.6) is 5.75 Å². The van der Waals surface area contributed by atoms with Crippen molar-refractivity contribution in [2.45, 2.75) is 190 Å². The number of benzene rings is 6. The van der Waals surface area contributed by atoms with Crippen LogP contribution in [0, 0.1) is 11.8 Å². The number of carboxylic acid groups (broad SMARTS) is 1. The molecular formula is C97H116ClF3N16O19S. The number of carboxylic acids is 1. The molecule has 10 rings (SSSR count). The molecule has 0 aliphatic carbocycles. The van der Waals surface area contributed by atoms with E-state index in [2.05, 4.69) is 62.8 Å². The van der Waals surface area contributed by atoms with Gasteiger partial charge in [0.15, 0.2) is 5.78 Å². The molecule has 0 saturated carbocycles. The molecule has 8 aromatic rings. The van der Waals surface area contributed by atoms with E-state index in [-0.39, 0.29) is 104 Å². The number of likely N-dealkylation sites (N-methyl/N-ethyl adjacent to an activating group) is 3. The molecule has 6 aromatic carbocycles. The third-order valence-electron chi connectivity index (χ3n) is 24.4. The van der Waals surface area contributed by atoms with Crippen molar-refractivity contribution in [3.05, 3.63) is 208 Å². The lowest BCUT2D eigenvalue weighted by Crippen LogP contribution is -2.62. The predicted molar refractivity (Wildman–Crippen MR) is 504 cm³/mol. The number of aliphatic hydroxyl groups is 2. The maximum Gasteiger partial charge on any atom is 0.416 e. The Hall–Kier alpha value is -13.5. The Kier molecular flexibility index (Phi) is 38.4. The first-order valence-electron chi connectivity index (χ1n) is 45.1. The summed E-state index contributed by atoms with van der Waals surface area (Å²) in [4.78, 5) is 240. The molecule has 1 fully saturated rings. The molecule has 3 unspecified atom stereocenters. The third-order valence-corrected chi connectivity index (χ3v) is 25.5. The summed E-state index contributed by atoms with van der Waals surface area (Å²) in [5.74, 6) is -17.6. The van der Waals surface area contributed by atoms with Crippen molar-refractivity contribution in [3.63, 3.8) is 0 Å². The van der Waals surface area contributed by atoms with E-state index in [1.54, 1.807) is 112 Å². The van der Waals surface area contributed by atoms with Gasteiger partial charge >= 0.3 is 12.1 Å². The number of aromatic amines is 2. The fourth-order valence-corrected chi connectivity index (χ4v) is 17.3. The van der Waals surface area contributed by atoms with E-state index in [1.165, 1.54) is 99.3 Å². The lowest BCUT2D eigenvalue weighted by molar-refractivity contribution is -0.147. The number of carbonyl (C=O) groups is 15. The average molecular weight is 1930 g/mol. The fourth-order valence-electron chi connectivity index (χ4n) is 16.3. The van der Waals surface area contributed by atoms with Crippen LogP contribution in [0.3, 0.4) is 0 Å². The minimum Gasteiger partial charge on any atom is -0.508 e. The molecule has 2 aliphatic rings. The van der Waals surface area contributed by atoms with Gasteiger partial charge in [0, 0.05) is 137 Å². The summed E-state index contributed by atoms with van der Waals surface area (Å²) in [5.41, 5.74) is 3.36. The third kappa shape index (κ3) is 29.5. The molecule has 0 radical (unpaired) electrons. The van der Waals surface area contributed by atoms with E-state index in [4.69, 9.17) is 11.6 Å². The maximum absolute atomic E-state index is 16.2. The van der Waals surface area contributed by atoms with Crippen LogP contribution >= 0.6 is 23.4 Å². The highest BCUT2D eigenvalue weighted by Crippen LogP contribution is 2.32. The molecule has 4 heterocycles. The number of H-pyrrole nitrogens is 2. The fraction of sp³-hybridized carbons (Fsp3) is 0.423. The van der Waals surface area contributed by atoms with Crippen LogP contribution in [0.25, 0.3) is 21.8 Å². The van der Waals surface area contributed by atoms with Crippen LogP contribution in [0.15, 0.2) is 169 Å². The normalized spacial score (nSPS) is 21.9. The number of Topliss-reactive ketones (excluding diaryl/α,β-unsaturated/α-hetero) is 1. The van der Waals surface area contributed by atoms with Crippen molar-refractivity contribution in [2.75, 3.05) is 59.7 Å². The van der Waals surface area contributed by atoms with Crippen LogP contribution in [0.2, 0.25) is 5.02 Å². The number of aliphatic hydroxyl groups excluding tert-OH is 2. The van der Waals surface area contributed by atoms with Gasteiger partial charge in [-0.15, -0.1) is 11.8 Å². The van der Waals surface area contributed by atoms with Gasteiger partial charge in [0.1, 0.15) is 66.0 Å². The summed E-state index contributed by atoms with van der Waals surface area (Å²) < 4.78 is 43.3. The zero-order valence-electron chi connectivity index (χ0n) is 76.8. The number of amides is 13. The standard InChI is InChI=1S/C97H116ClF3N16O19S/c1-8-55(3)83-95(134)116(7)78(47-65-53-137-54-105-65)91(130)109-74(46-62-50-104-71-28-16-14-26-68(62)71)90(129)108-73(45-61-49-103-70-27-15-13-25-67(61)70)89(128)107-72(42-57-31-35-63(36-32-57)97(99,100)101)88(127)110-75(43-58-33-37-66(120)38-34-58)94(133)115(6)77(44-59-21-19-24-64(98)41-59)86(125)69(87(126)102-39-18-17-30-81(123)114(5)51-80(122)106-76(52-118)96(135)136)48-82(124)117(9-2)40-20-29-79(121)111-84(56(4)119)92(131)113-85(93(132)112-83)60-22-11-10-12-23-60/h10-16,19,21-28,31-38,41,49-50,54-56,65,69,72-78,83-85,103-104,118-120H,8-9,17-18,20,29-30,39-40,42-48,51-53H2,1-7H3,(H,102,126)(H,106,122)(H,107,128)(H,108,129)(H,109,130)(H,110,127)(H,111,121)(H,112,132)(H,113,131)(H,135,136)/t55-,56+,65?,69+,72?,73+,74?,75+,76-,77-,78-,83-,84-,85-/m0/s1. The highest BCUT2D eigenvalue weighted by Gasteiger charge is 2.45. The number of hydrogen-bond donors (Lipinski definition) is 15. The number of aliphatic imine (C=N–C) groups is 1. The molecule has 732 valence electrons.